The van der Waals surface area contributed by atoms with Gasteiger partial charge in [-0.15, -0.1) is 11.6 Å². The van der Waals surface area contributed by atoms with Crippen LogP contribution in [0.2, 0.25) is 0 Å². The van der Waals surface area contributed by atoms with Crippen molar-refractivity contribution in [2.75, 3.05) is 6.61 Å². The lowest BCUT2D eigenvalue weighted by atomic mass is 9.61. The summed E-state index contributed by atoms with van der Waals surface area (Å²) in [6.45, 7) is 8.42. The number of carbonyl (C=O) groups excluding carboxylic acids is 1. The zero-order valence-electron chi connectivity index (χ0n) is 8.63. The summed E-state index contributed by atoms with van der Waals surface area (Å²) in [5.41, 5.74) is -0.290. The SMILES string of the molecule is CC(C)OCC1C(Cl)C(=O)C1(C)C. The highest BCUT2D eigenvalue weighted by molar-refractivity contribution is 6.34. The summed E-state index contributed by atoms with van der Waals surface area (Å²) in [4.78, 5) is 11.4. The number of carbonyl (C=O) groups is 1. The van der Waals surface area contributed by atoms with E-state index in [4.69, 9.17) is 16.3 Å². The average Bonchev–Trinajstić information content (AvgIpc) is 2.02. The second kappa shape index (κ2) is 3.58. The third kappa shape index (κ3) is 1.89. The molecule has 2 unspecified atom stereocenters. The van der Waals surface area contributed by atoms with Crippen LogP contribution >= 0.6 is 11.6 Å². The topological polar surface area (TPSA) is 26.3 Å². The molecular formula is C10H17ClO2. The number of ketones is 1. The summed E-state index contributed by atoms with van der Waals surface area (Å²) in [7, 11) is 0. The molecule has 1 aliphatic carbocycles. The first-order chi connectivity index (χ1) is 5.87. The number of Topliss-reactive ketones (excluding diaryl/α,β-unsaturated/α-hetero) is 1. The number of alkyl halides is 1. The van der Waals surface area contributed by atoms with Gasteiger partial charge in [-0.05, 0) is 13.8 Å². The molecule has 1 aliphatic rings. The van der Waals surface area contributed by atoms with Crippen LogP contribution in [0.25, 0.3) is 0 Å². The zero-order valence-corrected chi connectivity index (χ0v) is 9.39. The van der Waals surface area contributed by atoms with Crippen molar-refractivity contribution in [1.29, 1.82) is 0 Å². The van der Waals surface area contributed by atoms with Gasteiger partial charge < -0.3 is 4.74 Å². The standard InChI is InChI=1S/C10H17ClO2/c1-6(2)13-5-7-8(11)9(12)10(7,3)4/h6-8H,5H2,1-4H3. The van der Waals surface area contributed by atoms with E-state index in [-0.39, 0.29) is 28.6 Å². The van der Waals surface area contributed by atoms with Crippen LogP contribution in [0.4, 0.5) is 0 Å². The van der Waals surface area contributed by atoms with Gasteiger partial charge in [-0.3, -0.25) is 4.79 Å². The lowest BCUT2D eigenvalue weighted by Gasteiger charge is -2.46. The minimum Gasteiger partial charge on any atom is -0.378 e. The van der Waals surface area contributed by atoms with Crippen molar-refractivity contribution in [3.05, 3.63) is 0 Å². The number of hydrogen-bond donors (Lipinski definition) is 0. The second-order valence-electron chi connectivity index (χ2n) is 4.48. The minimum absolute atomic E-state index is 0.145. The van der Waals surface area contributed by atoms with Crippen molar-refractivity contribution in [3.8, 4) is 0 Å². The third-order valence-corrected chi connectivity index (χ3v) is 3.28. The van der Waals surface area contributed by atoms with Crippen molar-refractivity contribution in [2.45, 2.75) is 39.2 Å². The van der Waals surface area contributed by atoms with Crippen LogP contribution in [0.1, 0.15) is 27.7 Å². The molecule has 0 heterocycles. The van der Waals surface area contributed by atoms with E-state index < -0.39 is 0 Å². The monoisotopic (exact) mass is 204 g/mol. The molecule has 0 aromatic carbocycles. The Hall–Kier alpha value is -0.0800. The Morgan fingerprint density at radius 3 is 2.46 bits per heavy atom. The van der Waals surface area contributed by atoms with E-state index in [1.807, 2.05) is 27.7 Å². The Kier molecular flexibility index (Phi) is 3.03. The molecule has 0 N–H and O–H groups in total. The van der Waals surface area contributed by atoms with Crippen molar-refractivity contribution >= 4 is 17.4 Å². The summed E-state index contributed by atoms with van der Waals surface area (Å²) in [5, 5.41) is -0.339. The summed E-state index contributed by atoms with van der Waals surface area (Å²) in [5.74, 6) is 0.315. The Bertz CT molecular complexity index is 211. The highest BCUT2D eigenvalue weighted by Crippen LogP contribution is 2.45. The molecule has 0 spiro atoms. The van der Waals surface area contributed by atoms with Gasteiger partial charge in [-0.1, -0.05) is 13.8 Å². The number of rotatable bonds is 3. The van der Waals surface area contributed by atoms with Gasteiger partial charge in [0.2, 0.25) is 0 Å². The lowest BCUT2D eigenvalue weighted by Crippen LogP contribution is -2.57. The van der Waals surface area contributed by atoms with Gasteiger partial charge in [0, 0.05) is 11.3 Å². The Labute approximate surface area is 84.6 Å². The maximum Gasteiger partial charge on any atom is 0.157 e. The highest BCUT2D eigenvalue weighted by Gasteiger charge is 2.55. The van der Waals surface area contributed by atoms with E-state index in [0.29, 0.717) is 6.61 Å². The van der Waals surface area contributed by atoms with Gasteiger partial charge in [0.05, 0.1) is 18.1 Å². The van der Waals surface area contributed by atoms with Crippen molar-refractivity contribution in [2.24, 2.45) is 11.3 Å². The molecule has 0 bridgehead atoms. The van der Waals surface area contributed by atoms with Crippen LogP contribution in [0, 0.1) is 11.3 Å². The maximum absolute atomic E-state index is 11.4. The molecule has 0 aliphatic heterocycles. The molecule has 1 rings (SSSR count). The number of halogens is 1. The number of ether oxygens (including phenoxy) is 1. The first-order valence-corrected chi connectivity index (χ1v) is 5.11. The lowest BCUT2D eigenvalue weighted by molar-refractivity contribution is -0.146. The fourth-order valence-corrected chi connectivity index (χ4v) is 2.25. The van der Waals surface area contributed by atoms with E-state index in [0.717, 1.165) is 0 Å². The van der Waals surface area contributed by atoms with Crippen LogP contribution in [0.3, 0.4) is 0 Å². The third-order valence-electron chi connectivity index (χ3n) is 2.77. The van der Waals surface area contributed by atoms with Crippen LogP contribution in [0.15, 0.2) is 0 Å². The summed E-state index contributed by atoms with van der Waals surface area (Å²) < 4.78 is 5.46. The molecule has 2 nitrogen and oxygen atoms in total. The molecule has 76 valence electrons. The largest absolute Gasteiger partial charge is 0.378 e. The van der Waals surface area contributed by atoms with E-state index >= 15 is 0 Å². The fraction of sp³-hybridized carbons (Fsp3) is 0.900. The smallest absolute Gasteiger partial charge is 0.157 e. The molecule has 1 saturated carbocycles. The van der Waals surface area contributed by atoms with E-state index in [1.54, 1.807) is 0 Å². The maximum atomic E-state index is 11.4. The Morgan fingerprint density at radius 2 is 2.08 bits per heavy atom. The molecule has 0 aromatic heterocycles. The van der Waals surface area contributed by atoms with E-state index in [1.165, 1.54) is 0 Å². The molecule has 1 fully saturated rings. The second-order valence-corrected chi connectivity index (χ2v) is 4.95. The predicted molar refractivity (Wildman–Crippen MR) is 53.0 cm³/mol. The molecule has 0 radical (unpaired) electrons. The van der Waals surface area contributed by atoms with E-state index in [9.17, 15) is 4.79 Å². The van der Waals surface area contributed by atoms with Gasteiger partial charge >= 0.3 is 0 Å². The summed E-state index contributed by atoms with van der Waals surface area (Å²) in [6.07, 6.45) is 0.204. The Balaban J connectivity index is 2.47. The van der Waals surface area contributed by atoms with Gasteiger partial charge in [-0.2, -0.15) is 0 Å². The summed E-state index contributed by atoms with van der Waals surface area (Å²) >= 11 is 5.90. The first-order valence-electron chi connectivity index (χ1n) is 4.67. The first kappa shape index (κ1) is 11.0. The van der Waals surface area contributed by atoms with Crippen LogP contribution < -0.4 is 0 Å². The van der Waals surface area contributed by atoms with Crippen LogP contribution in [0.5, 0.6) is 0 Å². The van der Waals surface area contributed by atoms with Gasteiger partial charge in [0.25, 0.3) is 0 Å². The Morgan fingerprint density at radius 1 is 1.54 bits per heavy atom. The number of hydrogen-bond acceptors (Lipinski definition) is 2. The molecule has 0 saturated heterocycles. The highest BCUT2D eigenvalue weighted by atomic mass is 35.5. The van der Waals surface area contributed by atoms with Crippen LogP contribution in [-0.4, -0.2) is 23.9 Å². The zero-order chi connectivity index (χ0) is 10.2. The average molecular weight is 205 g/mol. The van der Waals surface area contributed by atoms with Gasteiger partial charge in [-0.25, -0.2) is 0 Å². The van der Waals surface area contributed by atoms with Crippen molar-refractivity contribution in [1.82, 2.24) is 0 Å². The van der Waals surface area contributed by atoms with Gasteiger partial charge in [0.1, 0.15) is 0 Å². The predicted octanol–water partition coefficient (Wildman–Crippen LogP) is 2.24. The molecular weight excluding hydrogens is 188 g/mol. The molecule has 3 heteroatoms. The quantitative estimate of drug-likeness (QED) is 0.660. The molecule has 2 atom stereocenters. The van der Waals surface area contributed by atoms with E-state index in [2.05, 4.69) is 0 Å². The fourth-order valence-electron chi connectivity index (χ4n) is 1.58. The molecule has 0 aromatic rings. The molecule has 0 amide bonds. The van der Waals surface area contributed by atoms with Crippen molar-refractivity contribution < 1.29 is 9.53 Å². The van der Waals surface area contributed by atoms with Crippen molar-refractivity contribution in [3.63, 3.8) is 0 Å². The normalized spacial score (nSPS) is 32.0. The minimum atomic E-state index is -0.339. The van der Waals surface area contributed by atoms with Crippen LogP contribution in [-0.2, 0) is 9.53 Å². The molecule has 13 heavy (non-hydrogen) atoms. The summed E-state index contributed by atoms with van der Waals surface area (Å²) in [6, 6.07) is 0. The van der Waals surface area contributed by atoms with Gasteiger partial charge in [0.15, 0.2) is 5.78 Å².